The number of alkyl halides is 1. The van der Waals surface area contributed by atoms with Crippen molar-refractivity contribution in [2.75, 3.05) is 0 Å². The topological polar surface area (TPSA) is 17.1 Å². The fourth-order valence-electron chi connectivity index (χ4n) is 2.91. The average Bonchev–Trinajstić information content (AvgIpc) is 2.54. The van der Waals surface area contributed by atoms with Crippen LogP contribution in [-0.2, 0) is 10.2 Å². The van der Waals surface area contributed by atoms with E-state index in [1.54, 1.807) is 0 Å². The Balaban J connectivity index is 2.25. The molecule has 0 aliphatic heterocycles. The van der Waals surface area contributed by atoms with Crippen LogP contribution in [0, 0.1) is 0 Å². The molecule has 0 amide bonds. The third kappa shape index (κ3) is 2.65. The second-order valence-corrected chi connectivity index (χ2v) is 7.19. The summed E-state index contributed by atoms with van der Waals surface area (Å²) in [6.45, 7) is 0. The fraction of sp³-hybridized carbons (Fsp3) is 0.167. The lowest BCUT2D eigenvalue weighted by atomic mass is 9.68. The van der Waals surface area contributed by atoms with Crippen LogP contribution in [0.15, 0.2) is 71.2 Å². The third-order valence-electron chi connectivity index (χ3n) is 3.97. The number of allylic oxidation sites excluding steroid dienone is 2. The molecule has 0 heterocycles. The number of ketones is 1. The summed E-state index contributed by atoms with van der Waals surface area (Å²) in [6.07, 6.45) is 2.77. The minimum absolute atomic E-state index is 0.109. The first kappa shape index (κ1) is 14.7. The van der Waals surface area contributed by atoms with Crippen LogP contribution in [0.5, 0.6) is 0 Å². The molecule has 106 valence electrons. The van der Waals surface area contributed by atoms with Gasteiger partial charge in [0.15, 0.2) is 5.78 Å². The zero-order valence-corrected chi connectivity index (χ0v) is 14.5. The lowest BCUT2D eigenvalue weighted by molar-refractivity contribution is -0.114. The molecule has 2 aromatic rings. The molecule has 0 saturated carbocycles. The Hall–Kier alpha value is -1.19. The van der Waals surface area contributed by atoms with Crippen molar-refractivity contribution in [1.82, 2.24) is 0 Å². The summed E-state index contributed by atoms with van der Waals surface area (Å²) in [7, 11) is 0. The van der Waals surface area contributed by atoms with Gasteiger partial charge in [-0.2, -0.15) is 0 Å². The summed E-state index contributed by atoms with van der Waals surface area (Å²) in [6, 6.07) is 20.7. The molecule has 1 unspecified atom stereocenters. The monoisotopic (exact) mass is 404 g/mol. The van der Waals surface area contributed by atoms with Gasteiger partial charge >= 0.3 is 0 Å². The van der Waals surface area contributed by atoms with Gasteiger partial charge in [0, 0.05) is 5.41 Å². The number of hydrogen-bond acceptors (Lipinski definition) is 1. The molecule has 3 rings (SSSR count). The number of rotatable bonds is 2. The molecule has 0 saturated heterocycles. The summed E-state index contributed by atoms with van der Waals surface area (Å²) < 4.78 is 0.642. The van der Waals surface area contributed by atoms with E-state index >= 15 is 0 Å². The second-order valence-electron chi connectivity index (χ2n) is 5.23. The van der Waals surface area contributed by atoms with E-state index in [4.69, 9.17) is 0 Å². The fourth-order valence-corrected chi connectivity index (χ4v) is 4.64. The van der Waals surface area contributed by atoms with E-state index in [0.717, 1.165) is 6.42 Å². The van der Waals surface area contributed by atoms with Crippen LogP contribution in [0.25, 0.3) is 0 Å². The lowest BCUT2D eigenvalue weighted by Crippen LogP contribution is -2.36. The SMILES string of the molecule is O=C1C(Br)=CC(c2ccccc2)(c2ccccc2)CC1Br. The molecule has 2 aromatic carbocycles. The van der Waals surface area contributed by atoms with Crippen molar-refractivity contribution in [2.24, 2.45) is 0 Å². The highest BCUT2D eigenvalue weighted by Gasteiger charge is 2.41. The van der Waals surface area contributed by atoms with Crippen LogP contribution in [0.4, 0.5) is 0 Å². The van der Waals surface area contributed by atoms with Crippen LogP contribution < -0.4 is 0 Å². The van der Waals surface area contributed by atoms with Crippen LogP contribution in [0.3, 0.4) is 0 Å². The van der Waals surface area contributed by atoms with E-state index < -0.39 is 0 Å². The van der Waals surface area contributed by atoms with Gasteiger partial charge in [0.05, 0.1) is 9.31 Å². The predicted octanol–water partition coefficient (Wildman–Crippen LogP) is 4.99. The molecule has 1 aliphatic carbocycles. The van der Waals surface area contributed by atoms with Crippen molar-refractivity contribution in [1.29, 1.82) is 0 Å². The van der Waals surface area contributed by atoms with Crippen LogP contribution >= 0.6 is 31.9 Å². The standard InChI is InChI=1S/C18H14Br2O/c19-15-11-18(12-16(20)17(15)21,13-7-3-1-4-8-13)14-9-5-2-6-10-14/h1-11,16H,12H2. The zero-order valence-electron chi connectivity index (χ0n) is 11.3. The van der Waals surface area contributed by atoms with E-state index in [9.17, 15) is 4.79 Å². The zero-order chi connectivity index (χ0) is 14.9. The van der Waals surface area contributed by atoms with Crippen molar-refractivity contribution < 1.29 is 4.79 Å². The van der Waals surface area contributed by atoms with Crippen LogP contribution in [-0.4, -0.2) is 10.6 Å². The van der Waals surface area contributed by atoms with Crippen molar-refractivity contribution in [2.45, 2.75) is 16.7 Å². The van der Waals surface area contributed by atoms with Gasteiger partial charge in [-0.15, -0.1) is 0 Å². The first-order valence-electron chi connectivity index (χ1n) is 6.81. The first-order chi connectivity index (χ1) is 10.1. The minimum atomic E-state index is -0.288. The van der Waals surface area contributed by atoms with Crippen molar-refractivity contribution in [3.63, 3.8) is 0 Å². The maximum Gasteiger partial charge on any atom is 0.183 e. The largest absolute Gasteiger partial charge is 0.292 e. The van der Waals surface area contributed by atoms with Gasteiger partial charge < -0.3 is 0 Å². The van der Waals surface area contributed by atoms with Crippen molar-refractivity contribution >= 4 is 37.6 Å². The molecule has 0 fully saturated rings. The van der Waals surface area contributed by atoms with E-state index in [1.807, 2.05) is 36.4 Å². The number of carbonyl (C=O) groups is 1. The molecule has 0 N–H and O–H groups in total. The van der Waals surface area contributed by atoms with E-state index in [-0.39, 0.29) is 16.0 Å². The molecule has 3 heteroatoms. The predicted molar refractivity (Wildman–Crippen MR) is 93.0 cm³/mol. The molecule has 21 heavy (non-hydrogen) atoms. The Labute approximate surface area is 141 Å². The van der Waals surface area contributed by atoms with Crippen molar-refractivity contribution in [3.8, 4) is 0 Å². The Morgan fingerprint density at radius 1 is 0.905 bits per heavy atom. The summed E-state index contributed by atoms with van der Waals surface area (Å²) in [4.78, 5) is 11.9. The maximum atomic E-state index is 12.1. The van der Waals surface area contributed by atoms with Gasteiger partial charge in [-0.1, -0.05) is 82.7 Å². The first-order valence-corrected chi connectivity index (χ1v) is 8.52. The number of hydrogen-bond donors (Lipinski definition) is 0. The highest BCUT2D eigenvalue weighted by molar-refractivity contribution is 9.12. The maximum absolute atomic E-state index is 12.1. The molecule has 0 aromatic heterocycles. The molecule has 0 radical (unpaired) electrons. The van der Waals surface area contributed by atoms with Gasteiger partial charge in [-0.3, -0.25) is 4.79 Å². The summed E-state index contributed by atoms with van der Waals surface area (Å²) in [5, 5.41) is 0. The number of carbonyl (C=O) groups excluding carboxylic acids is 1. The molecule has 1 aliphatic rings. The number of benzene rings is 2. The van der Waals surface area contributed by atoms with Gasteiger partial charge in [-0.25, -0.2) is 0 Å². The number of halogens is 2. The van der Waals surface area contributed by atoms with Crippen LogP contribution in [0.1, 0.15) is 17.5 Å². The van der Waals surface area contributed by atoms with Crippen LogP contribution in [0.2, 0.25) is 0 Å². The van der Waals surface area contributed by atoms with Gasteiger partial charge in [-0.05, 0) is 33.5 Å². The number of Topliss-reactive ketones (excluding diaryl/α,β-unsaturated/α-hetero) is 1. The third-order valence-corrected chi connectivity index (χ3v) is 5.33. The van der Waals surface area contributed by atoms with Gasteiger partial charge in [0.2, 0.25) is 0 Å². The normalized spacial score (nSPS) is 21.0. The second kappa shape index (κ2) is 5.90. The Bertz CT molecular complexity index is 637. The van der Waals surface area contributed by atoms with E-state index in [1.165, 1.54) is 11.1 Å². The van der Waals surface area contributed by atoms with Crippen molar-refractivity contribution in [3.05, 3.63) is 82.3 Å². The quantitative estimate of drug-likeness (QED) is 0.643. The average molecular weight is 406 g/mol. The van der Waals surface area contributed by atoms with E-state index in [2.05, 4.69) is 62.2 Å². The van der Waals surface area contributed by atoms with E-state index in [0.29, 0.717) is 4.48 Å². The molecule has 0 bridgehead atoms. The Morgan fingerprint density at radius 3 is 1.81 bits per heavy atom. The smallest absolute Gasteiger partial charge is 0.183 e. The highest BCUT2D eigenvalue weighted by Crippen LogP contribution is 2.44. The Kier molecular flexibility index (Phi) is 4.14. The molecular formula is C18H14Br2O. The molecule has 1 nitrogen and oxygen atoms in total. The molecule has 1 atom stereocenters. The lowest BCUT2D eigenvalue weighted by Gasteiger charge is -2.37. The minimum Gasteiger partial charge on any atom is -0.292 e. The highest BCUT2D eigenvalue weighted by atomic mass is 79.9. The summed E-state index contributed by atoms with van der Waals surface area (Å²) >= 11 is 6.99. The van der Waals surface area contributed by atoms with Gasteiger partial charge in [0.25, 0.3) is 0 Å². The molecular weight excluding hydrogens is 392 g/mol. The molecule has 0 spiro atoms. The summed E-state index contributed by atoms with van der Waals surface area (Å²) in [5.41, 5.74) is 2.11. The summed E-state index contributed by atoms with van der Waals surface area (Å²) in [5.74, 6) is 0.109. The Morgan fingerprint density at radius 2 is 1.38 bits per heavy atom. The van der Waals surface area contributed by atoms with Gasteiger partial charge in [0.1, 0.15) is 0 Å².